The van der Waals surface area contributed by atoms with Gasteiger partial charge in [0.05, 0.1) is 5.92 Å². The molecule has 21 heavy (non-hydrogen) atoms. The number of halogens is 1. The molecule has 0 spiro atoms. The van der Waals surface area contributed by atoms with Gasteiger partial charge in [0.2, 0.25) is 5.91 Å². The van der Waals surface area contributed by atoms with Gasteiger partial charge < -0.3 is 10.2 Å². The molecule has 0 saturated heterocycles. The molecule has 1 aliphatic heterocycles. The fourth-order valence-corrected chi connectivity index (χ4v) is 2.70. The van der Waals surface area contributed by atoms with Crippen LogP contribution in [0.15, 0.2) is 48.5 Å². The van der Waals surface area contributed by atoms with Gasteiger partial charge in [-0.25, -0.2) is 4.39 Å². The predicted molar refractivity (Wildman–Crippen MR) is 81.9 cm³/mol. The first-order valence-electron chi connectivity index (χ1n) is 7.00. The summed E-state index contributed by atoms with van der Waals surface area (Å²) in [5.41, 5.74) is 2.82. The maximum absolute atomic E-state index is 13.3. The number of carbonyl (C=O) groups excluding carboxylic acids is 1. The first-order valence-corrected chi connectivity index (χ1v) is 7.00. The predicted octanol–water partition coefficient (Wildman–Crippen LogP) is 3.07. The maximum atomic E-state index is 13.3. The number of benzene rings is 2. The van der Waals surface area contributed by atoms with Crippen molar-refractivity contribution < 1.29 is 9.18 Å². The van der Waals surface area contributed by atoms with Crippen LogP contribution in [0, 0.1) is 11.7 Å². The van der Waals surface area contributed by atoms with Crippen molar-refractivity contribution in [2.45, 2.75) is 6.42 Å². The third kappa shape index (κ3) is 2.75. The van der Waals surface area contributed by atoms with Crippen molar-refractivity contribution >= 4 is 17.3 Å². The van der Waals surface area contributed by atoms with E-state index in [0.717, 1.165) is 11.3 Å². The number of fused-ring (bicyclic) bond motifs is 1. The average molecular weight is 284 g/mol. The minimum absolute atomic E-state index is 0.00241. The lowest BCUT2D eigenvalue weighted by atomic mass is 9.93. The number of hydrogen-bond donors (Lipinski definition) is 1. The highest BCUT2D eigenvalue weighted by Crippen LogP contribution is 2.26. The molecule has 0 fully saturated rings. The number of nitrogens with one attached hydrogen (secondary N) is 1. The van der Waals surface area contributed by atoms with Crippen LogP contribution >= 0.6 is 0 Å². The van der Waals surface area contributed by atoms with Gasteiger partial charge in [0, 0.05) is 25.0 Å². The number of nitrogens with zero attached hydrogens (tertiary/aromatic N) is 1. The highest BCUT2D eigenvalue weighted by Gasteiger charge is 2.27. The van der Waals surface area contributed by atoms with Crippen molar-refractivity contribution in [2.75, 3.05) is 23.8 Å². The van der Waals surface area contributed by atoms with Crippen LogP contribution in [0.2, 0.25) is 0 Å². The number of hydrogen-bond acceptors (Lipinski definition) is 2. The Morgan fingerprint density at radius 3 is 2.86 bits per heavy atom. The molecule has 1 unspecified atom stereocenters. The van der Waals surface area contributed by atoms with Gasteiger partial charge in [0.15, 0.2) is 0 Å². The molecule has 2 aromatic carbocycles. The minimum Gasteiger partial charge on any atom is -0.384 e. The zero-order valence-corrected chi connectivity index (χ0v) is 11.8. The van der Waals surface area contributed by atoms with Gasteiger partial charge in [-0.3, -0.25) is 4.79 Å². The van der Waals surface area contributed by atoms with E-state index < -0.39 is 0 Å². The average Bonchev–Trinajstić information content (AvgIpc) is 2.53. The minimum atomic E-state index is -0.334. The molecule has 3 nitrogen and oxygen atoms in total. The van der Waals surface area contributed by atoms with E-state index in [4.69, 9.17) is 0 Å². The van der Waals surface area contributed by atoms with Gasteiger partial charge in [-0.1, -0.05) is 24.3 Å². The van der Waals surface area contributed by atoms with Crippen molar-refractivity contribution in [3.8, 4) is 0 Å². The van der Waals surface area contributed by atoms with Crippen LogP contribution < -0.4 is 10.2 Å². The van der Waals surface area contributed by atoms with E-state index in [2.05, 4.69) is 5.32 Å². The molecule has 1 N–H and O–H groups in total. The normalized spacial score (nSPS) is 16.8. The van der Waals surface area contributed by atoms with Crippen molar-refractivity contribution in [1.82, 2.24) is 0 Å². The number of para-hydroxylation sites is 1. The van der Waals surface area contributed by atoms with E-state index in [1.54, 1.807) is 19.2 Å². The zero-order chi connectivity index (χ0) is 14.8. The van der Waals surface area contributed by atoms with E-state index in [9.17, 15) is 9.18 Å². The number of rotatable bonds is 2. The van der Waals surface area contributed by atoms with E-state index in [1.807, 2.05) is 24.3 Å². The molecule has 0 radical (unpaired) electrons. The smallest absolute Gasteiger partial charge is 0.231 e. The maximum Gasteiger partial charge on any atom is 0.231 e. The van der Waals surface area contributed by atoms with Crippen LogP contribution in [0.5, 0.6) is 0 Å². The molecular weight excluding hydrogens is 267 g/mol. The Hall–Kier alpha value is -2.36. The fourth-order valence-electron chi connectivity index (χ4n) is 2.70. The van der Waals surface area contributed by atoms with Gasteiger partial charge in [-0.2, -0.15) is 0 Å². The lowest BCUT2D eigenvalue weighted by molar-refractivity contribution is -0.121. The van der Waals surface area contributed by atoms with Gasteiger partial charge in [0.1, 0.15) is 5.82 Å². The summed E-state index contributed by atoms with van der Waals surface area (Å²) in [4.78, 5) is 14.1. The van der Waals surface area contributed by atoms with Crippen molar-refractivity contribution in [3.05, 3.63) is 59.9 Å². The molecule has 0 aromatic heterocycles. The van der Waals surface area contributed by atoms with E-state index >= 15 is 0 Å². The van der Waals surface area contributed by atoms with Gasteiger partial charge >= 0.3 is 0 Å². The molecular formula is C17H17FN2O. The molecule has 1 amide bonds. The summed E-state index contributed by atoms with van der Waals surface area (Å²) in [6.07, 6.45) is 0.710. The Morgan fingerprint density at radius 2 is 2.05 bits per heavy atom. The molecule has 0 aliphatic carbocycles. The second-order valence-electron chi connectivity index (χ2n) is 5.32. The topological polar surface area (TPSA) is 32.3 Å². The molecule has 108 valence electrons. The van der Waals surface area contributed by atoms with Crippen LogP contribution in [0.4, 0.5) is 15.8 Å². The Labute approximate surface area is 123 Å². The largest absolute Gasteiger partial charge is 0.384 e. The summed E-state index contributed by atoms with van der Waals surface area (Å²) in [7, 11) is 1.69. The monoisotopic (exact) mass is 284 g/mol. The van der Waals surface area contributed by atoms with Crippen molar-refractivity contribution in [3.63, 3.8) is 0 Å². The highest BCUT2D eigenvalue weighted by atomic mass is 19.1. The van der Waals surface area contributed by atoms with Crippen molar-refractivity contribution in [2.24, 2.45) is 5.92 Å². The van der Waals surface area contributed by atoms with E-state index in [1.165, 1.54) is 17.0 Å². The summed E-state index contributed by atoms with van der Waals surface area (Å²) in [6.45, 7) is 0.607. The number of anilines is 2. The summed E-state index contributed by atoms with van der Waals surface area (Å²) in [5.74, 6) is -0.463. The van der Waals surface area contributed by atoms with Crippen LogP contribution in [0.25, 0.3) is 0 Å². The molecule has 1 aliphatic rings. The molecule has 4 heteroatoms. The SMILES string of the molecule is CN(C(=O)C1CNc2ccccc2C1)c1cccc(F)c1. The third-order valence-corrected chi connectivity index (χ3v) is 3.90. The van der Waals surface area contributed by atoms with E-state index in [0.29, 0.717) is 18.7 Å². The molecule has 1 heterocycles. The van der Waals surface area contributed by atoms with Gasteiger partial charge in [-0.05, 0) is 36.2 Å². The Bertz CT molecular complexity index is 671. The zero-order valence-electron chi connectivity index (χ0n) is 11.8. The van der Waals surface area contributed by atoms with Gasteiger partial charge in [-0.15, -0.1) is 0 Å². The molecule has 0 saturated carbocycles. The van der Waals surface area contributed by atoms with E-state index in [-0.39, 0.29) is 17.6 Å². The Morgan fingerprint density at radius 1 is 1.24 bits per heavy atom. The van der Waals surface area contributed by atoms with Gasteiger partial charge in [0.25, 0.3) is 0 Å². The Balaban J connectivity index is 1.77. The molecule has 3 rings (SSSR count). The third-order valence-electron chi connectivity index (χ3n) is 3.90. The molecule has 2 aromatic rings. The summed E-state index contributed by atoms with van der Waals surface area (Å²) >= 11 is 0. The fraction of sp³-hybridized carbons (Fsp3) is 0.235. The highest BCUT2D eigenvalue weighted by molar-refractivity contribution is 5.95. The quantitative estimate of drug-likeness (QED) is 0.919. The van der Waals surface area contributed by atoms with Crippen LogP contribution in [-0.2, 0) is 11.2 Å². The number of carbonyl (C=O) groups is 1. The van der Waals surface area contributed by atoms with Crippen LogP contribution in [-0.4, -0.2) is 19.5 Å². The van der Waals surface area contributed by atoms with Crippen LogP contribution in [0.1, 0.15) is 5.56 Å². The lowest BCUT2D eigenvalue weighted by Gasteiger charge is -2.29. The lowest BCUT2D eigenvalue weighted by Crippen LogP contribution is -2.39. The molecule has 1 atom stereocenters. The Kier molecular flexibility index (Phi) is 3.60. The standard InChI is InChI=1S/C17H17FN2O/c1-20(15-7-4-6-14(18)10-15)17(21)13-9-12-5-2-3-8-16(12)19-11-13/h2-8,10,13,19H,9,11H2,1H3. The summed E-state index contributed by atoms with van der Waals surface area (Å²) in [5, 5.41) is 3.29. The molecule has 0 bridgehead atoms. The van der Waals surface area contributed by atoms with Crippen LogP contribution in [0.3, 0.4) is 0 Å². The second kappa shape index (κ2) is 5.56. The summed E-state index contributed by atoms with van der Waals surface area (Å²) in [6, 6.07) is 14.1. The first-order chi connectivity index (χ1) is 10.1. The first kappa shape index (κ1) is 13.6. The number of amides is 1. The second-order valence-corrected chi connectivity index (χ2v) is 5.32. The van der Waals surface area contributed by atoms with Crippen molar-refractivity contribution in [1.29, 1.82) is 0 Å². The summed E-state index contributed by atoms with van der Waals surface area (Å²) < 4.78 is 13.3.